The van der Waals surface area contributed by atoms with Crippen LogP contribution in [0.4, 0.5) is 0 Å². The number of H-pyrrole nitrogens is 1. The van der Waals surface area contributed by atoms with E-state index in [1.54, 1.807) is 0 Å². The number of hydrogen-bond acceptors (Lipinski definition) is 6. The summed E-state index contributed by atoms with van der Waals surface area (Å²) >= 11 is 0. The number of rotatable bonds is 8. The minimum atomic E-state index is 0.174. The molecule has 0 fully saturated rings. The van der Waals surface area contributed by atoms with Crippen LogP contribution in [-0.4, -0.2) is 75.9 Å². The molecule has 0 aliphatic carbocycles. The lowest BCUT2D eigenvalue weighted by atomic mass is 10.0. The molecule has 0 radical (unpaired) electrons. The smallest absolute Gasteiger partial charge is 0.204 e. The van der Waals surface area contributed by atoms with Crippen LogP contribution in [-0.2, 0) is 6.54 Å². The van der Waals surface area contributed by atoms with Crippen molar-refractivity contribution in [3.8, 4) is 11.4 Å². The van der Waals surface area contributed by atoms with Crippen LogP contribution >= 0.6 is 0 Å². The van der Waals surface area contributed by atoms with Gasteiger partial charge in [-0.2, -0.15) is 5.21 Å². The second-order valence-electron chi connectivity index (χ2n) is 5.68. The van der Waals surface area contributed by atoms with Gasteiger partial charge >= 0.3 is 0 Å². The molecule has 0 amide bonds. The summed E-state index contributed by atoms with van der Waals surface area (Å²) in [7, 11) is 4.12. The standard InChI is InChI=1S/C15H24N6O/c1-12-10-13(15-16-18-19-17-15)4-5-14(12)11-21(8-9-22)7-6-20(2)3/h4-5,10,22H,6-9,11H2,1-3H3,(H,16,17,18,19). The van der Waals surface area contributed by atoms with Gasteiger partial charge in [0, 0.05) is 31.7 Å². The third kappa shape index (κ3) is 4.59. The van der Waals surface area contributed by atoms with E-state index < -0.39 is 0 Å². The first-order chi connectivity index (χ1) is 10.6. The molecule has 120 valence electrons. The van der Waals surface area contributed by atoms with Crippen LogP contribution in [0.5, 0.6) is 0 Å². The van der Waals surface area contributed by atoms with E-state index >= 15 is 0 Å². The van der Waals surface area contributed by atoms with Crippen molar-refractivity contribution >= 4 is 0 Å². The van der Waals surface area contributed by atoms with Crippen molar-refractivity contribution in [2.75, 3.05) is 40.3 Å². The average Bonchev–Trinajstić information content (AvgIpc) is 3.01. The summed E-state index contributed by atoms with van der Waals surface area (Å²) in [5, 5.41) is 23.3. The van der Waals surface area contributed by atoms with Gasteiger partial charge in [0.2, 0.25) is 5.82 Å². The molecule has 0 saturated carbocycles. The van der Waals surface area contributed by atoms with Crippen molar-refractivity contribution in [3.05, 3.63) is 29.3 Å². The van der Waals surface area contributed by atoms with Gasteiger partial charge in [-0.3, -0.25) is 4.90 Å². The minimum absolute atomic E-state index is 0.174. The lowest BCUT2D eigenvalue weighted by Gasteiger charge is -2.24. The maximum atomic E-state index is 9.24. The highest BCUT2D eigenvalue weighted by molar-refractivity contribution is 5.56. The lowest BCUT2D eigenvalue weighted by molar-refractivity contribution is 0.177. The van der Waals surface area contributed by atoms with Crippen molar-refractivity contribution in [1.82, 2.24) is 30.4 Å². The number of aliphatic hydroxyl groups excluding tert-OH is 1. The highest BCUT2D eigenvalue weighted by atomic mass is 16.3. The van der Waals surface area contributed by atoms with Crippen LogP contribution in [0.1, 0.15) is 11.1 Å². The number of aryl methyl sites for hydroxylation is 1. The summed E-state index contributed by atoms with van der Waals surface area (Å²) in [6, 6.07) is 6.18. The quantitative estimate of drug-likeness (QED) is 0.740. The average molecular weight is 304 g/mol. The van der Waals surface area contributed by atoms with Crippen LogP contribution in [0, 0.1) is 6.92 Å². The number of aromatic nitrogens is 4. The fourth-order valence-corrected chi connectivity index (χ4v) is 2.29. The summed E-state index contributed by atoms with van der Waals surface area (Å²) in [6.07, 6.45) is 0. The highest BCUT2D eigenvalue weighted by Crippen LogP contribution is 2.19. The van der Waals surface area contributed by atoms with Gasteiger partial charge in [-0.15, -0.1) is 10.2 Å². The predicted octanol–water partition coefficient (Wildman–Crippen LogP) is 0.531. The van der Waals surface area contributed by atoms with Gasteiger partial charge in [0.15, 0.2) is 0 Å². The number of nitrogens with one attached hydrogen (secondary N) is 1. The van der Waals surface area contributed by atoms with Crippen molar-refractivity contribution in [3.63, 3.8) is 0 Å². The van der Waals surface area contributed by atoms with E-state index in [9.17, 15) is 5.11 Å². The van der Waals surface area contributed by atoms with Crippen molar-refractivity contribution < 1.29 is 5.11 Å². The molecule has 22 heavy (non-hydrogen) atoms. The molecule has 1 heterocycles. The first-order valence-corrected chi connectivity index (χ1v) is 7.41. The molecule has 0 aliphatic heterocycles. The molecule has 0 aliphatic rings. The number of tetrazole rings is 1. The lowest BCUT2D eigenvalue weighted by Crippen LogP contribution is -2.33. The van der Waals surface area contributed by atoms with Crippen molar-refractivity contribution in [1.29, 1.82) is 0 Å². The zero-order chi connectivity index (χ0) is 15.9. The summed E-state index contributed by atoms with van der Waals surface area (Å²) in [5.41, 5.74) is 3.39. The summed E-state index contributed by atoms with van der Waals surface area (Å²) in [6.45, 7) is 5.67. The fraction of sp³-hybridized carbons (Fsp3) is 0.533. The summed E-state index contributed by atoms with van der Waals surface area (Å²) in [4.78, 5) is 4.41. The van der Waals surface area contributed by atoms with Gasteiger partial charge < -0.3 is 10.0 Å². The number of hydrogen-bond donors (Lipinski definition) is 2. The van der Waals surface area contributed by atoms with Gasteiger partial charge in [-0.25, -0.2) is 0 Å². The first-order valence-electron chi connectivity index (χ1n) is 7.41. The molecule has 2 rings (SSSR count). The zero-order valence-electron chi connectivity index (χ0n) is 13.5. The fourth-order valence-electron chi connectivity index (χ4n) is 2.29. The molecule has 0 spiro atoms. The topological polar surface area (TPSA) is 81.2 Å². The van der Waals surface area contributed by atoms with E-state index in [0.717, 1.165) is 25.2 Å². The molecule has 2 N–H and O–H groups in total. The normalized spacial score (nSPS) is 11.5. The number of benzene rings is 1. The van der Waals surface area contributed by atoms with Crippen LogP contribution in [0.15, 0.2) is 18.2 Å². The summed E-state index contributed by atoms with van der Waals surface area (Å²) in [5.74, 6) is 0.606. The molecule has 7 nitrogen and oxygen atoms in total. The first kappa shape index (κ1) is 16.5. The van der Waals surface area contributed by atoms with E-state index in [-0.39, 0.29) is 6.61 Å². The molecular formula is C15H24N6O. The van der Waals surface area contributed by atoms with Crippen LogP contribution < -0.4 is 0 Å². The Morgan fingerprint density at radius 3 is 2.59 bits per heavy atom. The van der Waals surface area contributed by atoms with Crippen LogP contribution in [0.2, 0.25) is 0 Å². The van der Waals surface area contributed by atoms with Crippen molar-refractivity contribution in [2.45, 2.75) is 13.5 Å². The second-order valence-corrected chi connectivity index (χ2v) is 5.68. The molecule has 2 aromatic rings. The van der Waals surface area contributed by atoms with Crippen LogP contribution in [0.25, 0.3) is 11.4 Å². The van der Waals surface area contributed by atoms with Gasteiger partial charge in [0.1, 0.15) is 0 Å². The van der Waals surface area contributed by atoms with E-state index in [4.69, 9.17) is 0 Å². The number of nitrogens with zero attached hydrogens (tertiary/aromatic N) is 5. The van der Waals surface area contributed by atoms with E-state index in [0.29, 0.717) is 12.4 Å². The second kappa shape index (κ2) is 7.98. The molecule has 0 atom stereocenters. The Labute approximate surface area is 130 Å². The van der Waals surface area contributed by atoms with Gasteiger partial charge in [0.25, 0.3) is 0 Å². The van der Waals surface area contributed by atoms with Gasteiger partial charge in [-0.1, -0.05) is 12.1 Å². The molecule has 0 unspecified atom stereocenters. The maximum absolute atomic E-state index is 9.24. The Morgan fingerprint density at radius 1 is 1.18 bits per heavy atom. The van der Waals surface area contributed by atoms with Crippen LogP contribution in [0.3, 0.4) is 0 Å². The van der Waals surface area contributed by atoms with Gasteiger partial charge in [0.05, 0.1) is 6.61 Å². The number of likely N-dealkylation sites (N-methyl/N-ethyl adjacent to an activating group) is 1. The highest BCUT2D eigenvalue weighted by Gasteiger charge is 2.10. The summed E-state index contributed by atoms with van der Waals surface area (Å²) < 4.78 is 0. The Balaban J connectivity index is 2.07. The van der Waals surface area contributed by atoms with Crippen molar-refractivity contribution in [2.24, 2.45) is 0 Å². The van der Waals surface area contributed by atoms with Gasteiger partial charge in [-0.05, 0) is 43.4 Å². The number of aliphatic hydroxyl groups is 1. The molecule has 7 heteroatoms. The molecule has 1 aromatic heterocycles. The Bertz CT molecular complexity index is 569. The predicted molar refractivity (Wildman–Crippen MR) is 85.3 cm³/mol. The minimum Gasteiger partial charge on any atom is -0.395 e. The number of aromatic amines is 1. The monoisotopic (exact) mass is 304 g/mol. The van der Waals surface area contributed by atoms with E-state index in [1.807, 2.05) is 6.07 Å². The largest absolute Gasteiger partial charge is 0.395 e. The molecule has 1 aromatic carbocycles. The molecule has 0 saturated heterocycles. The molecular weight excluding hydrogens is 280 g/mol. The third-order valence-electron chi connectivity index (χ3n) is 3.62. The Hall–Kier alpha value is -1.83. The zero-order valence-corrected chi connectivity index (χ0v) is 13.5. The maximum Gasteiger partial charge on any atom is 0.204 e. The Morgan fingerprint density at radius 2 is 2.00 bits per heavy atom. The Kier molecular flexibility index (Phi) is 6.00. The SMILES string of the molecule is Cc1cc(-c2nn[nH]n2)ccc1CN(CCO)CCN(C)C. The van der Waals surface area contributed by atoms with E-state index in [1.165, 1.54) is 11.1 Å². The third-order valence-corrected chi connectivity index (χ3v) is 3.62. The molecule has 0 bridgehead atoms. The van der Waals surface area contributed by atoms with E-state index in [2.05, 4.69) is 63.6 Å².